The van der Waals surface area contributed by atoms with Crippen LogP contribution in [0.1, 0.15) is 37.0 Å². The van der Waals surface area contributed by atoms with E-state index in [1.165, 1.54) is 10.9 Å². The average molecular weight is 434 g/mol. The van der Waals surface area contributed by atoms with Crippen LogP contribution in [0, 0.1) is 5.92 Å². The van der Waals surface area contributed by atoms with Crippen LogP contribution < -0.4 is 10.3 Å². The highest BCUT2D eigenvalue weighted by Crippen LogP contribution is 2.24. The highest BCUT2D eigenvalue weighted by molar-refractivity contribution is 5.98. The third-order valence-corrected chi connectivity index (χ3v) is 5.67. The molecule has 2 heterocycles. The van der Waals surface area contributed by atoms with Gasteiger partial charge in [0.15, 0.2) is 5.78 Å². The molecule has 166 valence electrons. The van der Waals surface area contributed by atoms with E-state index >= 15 is 0 Å². The molecule has 0 N–H and O–H groups in total. The topological polar surface area (TPSA) is 81.5 Å². The standard InChI is InChI=1S/C25H27N3O4/c1-17(2)32-20-9-5-7-18(13-20)24(30)19-8-6-12-27(14-19)23(29)15-28-16-26-22-11-4-3-10-21(22)25(28)31/h3-5,7,9-11,13,16-17,19H,6,8,12,14-15H2,1-2H3. The highest BCUT2D eigenvalue weighted by Gasteiger charge is 2.29. The summed E-state index contributed by atoms with van der Waals surface area (Å²) in [6.07, 6.45) is 2.91. The number of ether oxygens (including phenoxy) is 1. The van der Waals surface area contributed by atoms with E-state index in [1.54, 1.807) is 35.2 Å². The van der Waals surface area contributed by atoms with Gasteiger partial charge >= 0.3 is 0 Å². The van der Waals surface area contributed by atoms with Crippen molar-refractivity contribution in [2.45, 2.75) is 39.3 Å². The lowest BCUT2D eigenvalue weighted by Crippen LogP contribution is -2.44. The molecular formula is C25H27N3O4. The van der Waals surface area contributed by atoms with E-state index in [-0.39, 0.29) is 35.8 Å². The summed E-state index contributed by atoms with van der Waals surface area (Å²) in [5.74, 6) is 0.228. The van der Waals surface area contributed by atoms with Gasteiger partial charge in [-0.15, -0.1) is 0 Å². The van der Waals surface area contributed by atoms with Crippen LogP contribution in [0.5, 0.6) is 5.75 Å². The summed E-state index contributed by atoms with van der Waals surface area (Å²) in [7, 11) is 0. The third-order valence-electron chi connectivity index (χ3n) is 5.67. The predicted molar refractivity (Wildman–Crippen MR) is 122 cm³/mol. The van der Waals surface area contributed by atoms with Crippen molar-refractivity contribution >= 4 is 22.6 Å². The number of para-hydroxylation sites is 1. The maximum Gasteiger partial charge on any atom is 0.261 e. The first-order valence-electron chi connectivity index (χ1n) is 11.0. The lowest BCUT2D eigenvalue weighted by Gasteiger charge is -2.32. The summed E-state index contributed by atoms with van der Waals surface area (Å²) in [6, 6.07) is 14.3. The largest absolute Gasteiger partial charge is 0.491 e. The van der Waals surface area contributed by atoms with Crippen LogP contribution >= 0.6 is 0 Å². The number of Topliss-reactive ketones (excluding diaryl/α,β-unsaturated/α-hetero) is 1. The Bertz CT molecular complexity index is 1200. The Morgan fingerprint density at radius 1 is 1.16 bits per heavy atom. The number of benzene rings is 2. The molecule has 0 bridgehead atoms. The monoisotopic (exact) mass is 433 g/mol. The van der Waals surface area contributed by atoms with Gasteiger partial charge in [0, 0.05) is 24.6 Å². The van der Waals surface area contributed by atoms with E-state index in [2.05, 4.69) is 4.98 Å². The van der Waals surface area contributed by atoms with Gasteiger partial charge in [0.05, 0.1) is 23.3 Å². The number of rotatable bonds is 6. The van der Waals surface area contributed by atoms with E-state index in [9.17, 15) is 14.4 Å². The van der Waals surface area contributed by atoms with Gasteiger partial charge < -0.3 is 9.64 Å². The molecule has 1 atom stereocenters. The minimum atomic E-state index is -0.270. The SMILES string of the molecule is CC(C)Oc1cccc(C(=O)C2CCCN(C(=O)Cn3cnc4ccccc4c3=O)C2)c1. The fraction of sp³-hybridized carbons (Fsp3) is 0.360. The molecule has 3 aromatic rings. The van der Waals surface area contributed by atoms with E-state index in [0.29, 0.717) is 35.3 Å². The van der Waals surface area contributed by atoms with Crippen molar-refractivity contribution in [1.29, 1.82) is 0 Å². The Balaban J connectivity index is 1.46. The number of fused-ring (bicyclic) bond motifs is 1. The van der Waals surface area contributed by atoms with Gasteiger partial charge in [-0.25, -0.2) is 4.98 Å². The maximum atomic E-state index is 13.1. The van der Waals surface area contributed by atoms with E-state index < -0.39 is 0 Å². The number of hydrogen-bond acceptors (Lipinski definition) is 5. The predicted octanol–water partition coefficient (Wildman–Crippen LogP) is 3.31. The van der Waals surface area contributed by atoms with Gasteiger partial charge in [0.1, 0.15) is 12.3 Å². The van der Waals surface area contributed by atoms with Crippen LogP contribution in [0.2, 0.25) is 0 Å². The first-order valence-corrected chi connectivity index (χ1v) is 11.0. The second kappa shape index (κ2) is 9.34. The quantitative estimate of drug-likeness (QED) is 0.557. The van der Waals surface area contributed by atoms with Crippen molar-refractivity contribution in [3.05, 3.63) is 70.8 Å². The smallest absolute Gasteiger partial charge is 0.261 e. The number of ketones is 1. The minimum Gasteiger partial charge on any atom is -0.491 e. The lowest BCUT2D eigenvalue weighted by atomic mass is 9.90. The molecule has 1 saturated heterocycles. The van der Waals surface area contributed by atoms with Gasteiger partial charge in [-0.3, -0.25) is 19.0 Å². The Hall–Kier alpha value is -3.48. The molecule has 1 aliphatic heterocycles. The van der Waals surface area contributed by atoms with Gasteiger partial charge in [0.2, 0.25) is 5.91 Å². The minimum absolute atomic E-state index is 0.0150. The molecule has 1 unspecified atom stereocenters. The molecule has 1 aromatic heterocycles. The van der Waals surface area contributed by atoms with Gasteiger partial charge in [-0.2, -0.15) is 0 Å². The second-order valence-corrected chi connectivity index (χ2v) is 8.43. The number of amides is 1. The zero-order chi connectivity index (χ0) is 22.7. The zero-order valence-corrected chi connectivity index (χ0v) is 18.4. The summed E-state index contributed by atoms with van der Waals surface area (Å²) < 4.78 is 7.04. The number of carbonyl (C=O) groups excluding carboxylic acids is 2. The number of piperidine rings is 1. The van der Waals surface area contributed by atoms with Gasteiger partial charge in [0.25, 0.3) is 5.56 Å². The summed E-state index contributed by atoms with van der Waals surface area (Å²) >= 11 is 0. The summed E-state index contributed by atoms with van der Waals surface area (Å²) in [6.45, 7) is 4.72. The molecule has 1 aliphatic rings. The summed E-state index contributed by atoms with van der Waals surface area (Å²) in [5, 5.41) is 0.484. The third kappa shape index (κ3) is 4.72. The normalized spacial score (nSPS) is 16.3. The fourth-order valence-corrected chi connectivity index (χ4v) is 4.11. The molecule has 4 rings (SSSR count). The highest BCUT2D eigenvalue weighted by atomic mass is 16.5. The first kappa shape index (κ1) is 21.7. The number of hydrogen-bond donors (Lipinski definition) is 0. The number of carbonyl (C=O) groups is 2. The zero-order valence-electron chi connectivity index (χ0n) is 18.4. The molecule has 0 radical (unpaired) electrons. The summed E-state index contributed by atoms with van der Waals surface area (Å²) in [5.41, 5.74) is 0.960. The molecule has 0 saturated carbocycles. The Labute approximate surface area is 186 Å². The Morgan fingerprint density at radius 2 is 1.97 bits per heavy atom. The molecule has 7 heteroatoms. The number of aromatic nitrogens is 2. The molecule has 2 aromatic carbocycles. The van der Waals surface area contributed by atoms with Crippen molar-refractivity contribution in [3.8, 4) is 5.75 Å². The molecular weight excluding hydrogens is 406 g/mol. The molecule has 32 heavy (non-hydrogen) atoms. The van der Waals surface area contributed by atoms with Crippen molar-refractivity contribution < 1.29 is 14.3 Å². The molecule has 0 aliphatic carbocycles. The van der Waals surface area contributed by atoms with Gasteiger partial charge in [-0.1, -0.05) is 24.3 Å². The van der Waals surface area contributed by atoms with Crippen molar-refractivity contribution in [2.75, 3.05) is 13.1 Å². The number of nitrogens with zero attached hydrogens (tertiary/aromatic N) is 3. The molecule has 7 nitrogen and oxygen atoms in total. The number of likely N-dealkylation sites (tertiary alicyclic amines) is 1. The van der Waals surface area contributed by atoms with Crippen LogP contribution in [-0.4, -0.2) is 45.3 Å². The van der Waals surface area contributed by atoms with Crippen molar-refractivity contribution in [3.63, 3.8) is 0 Å². The van der Waals surface area contributed by atoms with Crippen LogP contribution in [0.4, 0.5) is 0 Å². The van der Waals surface area contributed by atoms with Crippen LogP contribution in [0.25, 0.3) is 10.9 Å². The van der Waals surface area contributed by atoms with Crippen molar-refractivity contribution in [2.24, 2.45) is 5.92 Å². The second-order valence-electron chi connectivity index (χ2n) is 8.43. The molecule has 1 fully saturated rings. The van der Waals surface area contributed by atoms with Crippen LogP contribution in [-0.2, 0) is 11.3 Å². The fourth-order valence-electron chi connectivity index (χ4n) is 4.11. The van der Waals surface area contributed by atoms with E-state index in [4.69, 9.17) is 4.74 Å². The van der Waals surface area contributed by atoms with E-state index in [1.807, 2.05) is 32.0 Å². The van der Waals surface area contributed by atoms with E-state index in [0.717, 1.165) is 12.8 Å². The molecule has 1 amide bonds. The van der Waals surface area contributed by atoms with Crippen molar-refractivity contribution in [1.82, 2.24) is 14.5 Å². The molecule has 0 spiro atoms. The first-order chi connectivity index (χ1) is 15.4. The maximum absolute atomic E-state index is 13.1. The van der Waals surface area contributed by atoms with Crippen LogP contribution in [0.3, 0.4) is 0 Å². The lowest BCUT2D eigenvalue weighted by molar-refractivity contribution is -0.133. The average Bonchev–Trinajstić information content (AvgIpc) is 2.80. The Morgan fingerprint density at radius 3 is 2.78 bits per heavy atom. The van der Waals surface area contributed by atoms with Gasteiger partial charge in [-0.05, 0) is 51.0 Å². The summed E-state index contributed by atoms with van der Waals surface area (Å²) in [4.78, 5) is 44.7. The Kier molecular flexibility index (Phi) is 6.35. The van der Waals surface area contributed by atoms with Crippen LogP contribution in [0.15, 0.2) is 59.7 Å².